The van der Waals surface area contributed by atoms with Crippen molar-refractivity contribution in [3.8, 4) is 0 Å². The molecule has 4 rings (SSSR count). The molecule has 0 spiro atoms. The number of aromatic amines is 1. The number of nitrogens with zero attached hydrogens (tertiary/aromatic N) is 1. The molecule has 0 atom stereocenters. The molecule has 0 fully saturated rings. The van der Waals surface area contributed by atoms with Crippen molar-refractivity contribution in [2.24, 2.45) is 7.05 Å². The SMILES string of the molecule is Cn1c2ccccc2c2[nH]c3ccccc3c21. The first-order valence-corrected chi connectivity index (χ1v) is 5.80. The van der Waals surface area contributed by atoms with Gasteiger partial charge < -0.3 is 9.55 Å². The predicted octanol–water partition coefficient (Wildman–Crippen LogP) is 3.81. The summed E-state index contributed by atoms with van der Waals surface area (Å²) >= 11 is 0. The summed E-state index contributed by atoms with van der Waals surface area (Å²) in [5.74, 6) is 0. The van der Waals surface area contributed by atoms with E-state index >= 15 is 0 Å². The van der Waals surface area contributed by atoms with Crippen LogP contribution >= 0.6 is 0 Å². The van der Waals surface area contributed by atoms with Crippen molar-refractivity contribution in [2.45, 2.75) is 0 Å². The third-order valence-electron chi connectivity index (χ3n) is 3.55. The molecule has 0 aliphatic carbocycles. The topological polar surface area (TPSA) is 20.7 Å². The summed E-state index contributed by atoms with van der Waals surface area (Å²) in [6, 6.07) is 17.0. The number of rotatable bonds is 0. The van der Waals surface area contributed by atoms with Crippen LogP contribution in [0.25, 0.3) is 32.8 Å². The van der Waals surface area contributed by atoms with Crippen molar-refractivity contribution in [1.29, 1.82) is 0 Å². The summed E-state index contributed by atoms with van der Waals surface area (Å²) in [6.45, 7) is 0. The number of nitrogens with one attached hydrogen (secondary N) is 1. The Morgan fingerprint density at radius 1 is 0.882 bits per heavy atom. The molecule has 2 heterocycles. The van der Waals surface area contributed by atoms with Gasteiger partial charge in [0, 0.05) is 23.3 Å². The van der Waals surface area contributed by atoms with Crippen LogP contribution in [0.1, 0.15) is 0 Å². The van der Waals surface area contributed by atoms with E-state index < -0.39 is 0 Å². The normalized spacial score (nSPS) is 11.8. The minimum absolute atomic E-state index is 1.21. The monoisotopic (exact) mass is 220 g/mol. The fourth-order valence-electron chi connectivity index (χ4n) is 2.77. The van der Waals surface area contributed by atoms with Crippen LogP contribution in [0, 0.1) is 0 Å². The van der Waals surface area contributed by atoms with Gasteiger partial charge in [-0.3, -0.25) is 0 Å². The third-order valence-corrected chi connectivity index (χ3v) is 3.55. The van der Waals surface area contributed by atoms with E-state index in [-0.39, 0.29) is 0 Å². The van der Waals surface area contributed by atoms with Gasteiger partial charge in [-0.25, -0.2) is 0 Å². The Morgan fingerprint density at radius 2 is 1.59 bits per heavy atom. The number of aromatic nitrogens is 2. The van der Waals surface area contributed by atoms with Gasteiger partial charge in [0.25, 0.3) is 0 Å². The summed E-state index contributed by atoms with van der Waals surface area (Å²) < 4.78 is 2.27. The van der Waals surface area contributed by atoms with E-state index in [0.29, 0.717) is 0 Å². The number of hydrogen-bond acceptors (Lipinski definition) is 0. The number of aryl methyl sites for hydroxylation is 1. The zero-order valence-electron chi connectivity index (χ0n) is 9.57. The maximum atomic E-state index is 3.52. The van der Waals surface area contributed by atoms with Crippen LogP contribution in [0.15, 0.2) is 48.5 Å². The summed E-state index contributed by atoms with van der Waals surface area (Å²) in [5.41, 5.74) is 5.02. The lowest BCUT2D eigenvalue weighted by Crippen LogP contribution is -1.85. The Bertz CT molecular complexity index is 843. The second-order valence-electron chi connectivity index (χ2n) is 4.47. The molecule has 4 aromatic rings. The number of H-pyrrole nitrogens is 1. The highest BCUT2D eigenvalue weighted by Crippen LogP contribution is 2.32. The van der Waals surface area contributed by atoms with Gasteiger partial charge in [0.1, 0.15) is 0 Å². The van der Waals surface area contributed by atoms with Gasteiger partial charge in [-0.2, -0.15) is 0 Å². The Hall–Kier alpha value is -2.22. The van der Waals surface area contributed by atoms with Gasteiger partial charge in [-0.1, -0.05) is 36.4 Å². The molecule has 0 unspecified atom stereocenters. The van der Waals surface area contributed by atoms with E-state index in [4.69, 9.17) is 0 Å². The van der Waals surface area contributed by atoms with Crippen LogP contribution in [0.2, 0.25) is 0 Å². The Balaban J connectivity index is 2.40. The lowest BCUT2D eigenvalue weighted by molar-refractivity contribution is 1.02. The second-order valence-corrected chi connectivity index (χ2v) is 4.47. The number of hydrogen-bond donors (Lipinski definition) is 1. The van der Waals surface area contributed by atoms with Crippen molar-refractivity contribution in [3.63, 3.8) is 0 Å². The van der Waals surface area contributed by atoms with E-state index in [9.17, 15) is 0 Å². The van der Waals surface area contributed by atoms with Crippen molar-refractivity contribution in [1.82, 2.24) is 9.55 Å². The molecule has 1 N–H and O–H groups in total. The molecule has 0 aliphatic rings. The zero-order chi connectivity index (χ0) is 11.4. The summed E-state index contributed by atoms with van der Waals surface area (Å²) in [7, 11) is 2.13. The molecule has 0 saturated heterocycles. The van der Waals surface area contributed by atoms with Gasteiger partial charge in [-0.15, -0.1) is 0 Å². The molecule has 82 valence electrons. The molecule has 0 aliphatic heterocycles. The lowest BCUT2D eigenvalue weighted by atomic mass is 10.2. The highest BCUT2D eigenvalue weighted by molar-refractivity contribution is 6.17. The molecule has 2 heteroatoms. The molecular formula is C15H12N2. The van der Waals surface area contributed by atoms with Gasteiger partial charge in [0.2, 0.25) is 0 Å². The fourth-order valence-corrected chi connectivity index (χ4v) is 2.77. The smallest absolute Gasteiger partial charge is 0.0749 e. The number of para-hydroxylation sites is 2. The lowest BCUT2D eigenvalue weighted by Gasteiger charge is -1.97. The van der Waals surface area contributed by atoms with Gasteiger partial charge in [0.15, 0.2) is 0 Å². The van der Waals surface area contributed by atoms with Crippen molar-refractivity contribution in [2.75, 3.05) is 0 Å². The summed E-state index contributed by atoms with van der Waals surface area (Å²) in [6.07, 6.45) is 0. The van der Waals surface area contributed by atoms with Crippen LogP contribution < -0.4 is 0 Å². The quantitative estimate of drug-likeness (QED) is 0.465. The van der Waals surface area contributed by atoms with Crippen LogP contribution in [0.5, 0.6) is 0 Å². The van der Waals surface area contributed by atoms with Crippen LogP contribution in [-0.2, 0) is 7.05 Å². The van der Waals surface area contributed by atoms with Crippen molar-refractivity contribution in [3.05, 3.63) is 48.5 Å². The largest absolute Gasteiger partial charge is 0.353 e. The first kappa shape index (κ1) is 8.88. The maximum Gasteiger partial charge on any atom is 0.0749 e. The molecule has 2 aromatic carbocycles. The maximum absolute atomic E-state index is 3.52. The van der Waals surface area contributed by atoms with Gasteiger partial charge >= 0.3 is 0 Å². The van der Waals surface area contributed by atoms with E-state index in [1.165, 1.54) is 32.8 Å². The van der Waals surface area contributed by atoms with Gasteiger partial charge in [-0.05, 0) is 12.1 Å². The van der Waals surface area contributed by atoms with E-state index in [0.717, 1.165) is 0 Å². The van der Waals surface area contributed by atoms with E-state index in [1.54, 1.807) is 0 Å². The van der Waals surface area contributed by atoms with Crippen LogP contribution in [-0.4, -0.2) is 9.55 Å². The number of benzene rings is 2. The average Bonchev–Trinajstić information content (AvgIpc) is 2.88. The molecular weight excluding hydrogens is 208 g/mol. The highest BCUT2D eigenvalue weighted by atomic mass is 15.0. The summed E-state index contributed by atoms with van der Waals surface area (Å²) in [5, 5.41) is 2.59. The third kappa shape index (κ3) is 0.998. The molecule has 0 amide bonds. The van der Waals surface area contributed by atoms with E-state index in [1.807, 2.05) is 0 Å². The molecule has 0 radical (unpaired) electrons. The van der Waals surface area contributed by atoms with E-state index in [2.05, 4.69) is 65.1 Å². The molecule has 2 aromatic heterocycles. The molecule has 17 heavy (non-hydrogen) atoms. The van der Waals surface area contributed by atoms with Crippen molar-refractivity contribution >= 4 is 32.8 Å². The zero-order valence-corrected chi connectivity index (χ0v) is 9.57. The minimum Gasteiger partial charge on any atom is -0.353 e. The molecule has 0 bridgehead atoms. The Labute approximate surface area is 98.5 Å². The summed E-state index contributed by atoms with van der Waals surface area (Å²) in [4.78, 5) is 3.52. The first-order chi connectivity index (χ1) is 8.36. The second kappa shape index (κ2) is 2.92. The molecule has 0 saturated carbocycles. The average molecular weight is 220 g/mol. The van der Waals surface area contributed by atoms with Crippen molar-refractivity contribution < 1.29 is 0 Å². The Morgan fingerprint density at radius 3 is 2.47 bits per heavy atom. The molecule has 2 nitrogen and oxygen atoms in total. The standard InChI is InChI=1S/C15H12N2/c1-17-13-9-5-3-7-11(13)14-15(17)10-6-2-4-8-12(10)16-14/h2-9,16H,1H3. The Kier molecular flexibility index (Phi) is 1.52. The number of fused-ring (bicyclic) bond motifs is 5. The predicted molar refractivity (Wildman–Crippen MR) is 72.3 cm³/mol. The first-order valence-electron chi connectivity index (χ1n) is 5.80. The van der Waals surface area contributed by atoms with Crippen LogP contribution in [0.4, 0.5) is 0 Å². The van der Waals surface area contributed by atoms with Crippen LogP contribution in [0.3, 0.4) is 0 Å². The fraction of sp³-hybridized carbons (Fsp3) is 0.0667. The highest BCUT2D eigenvalue weighted by Gasteiger charge is 2.12. The van der Waals surface area contributed by atoms with Gasteiger partial charge in [0.05, 0.1) is 16.6 Å². The minimum atomic E-state index is 1.21.